The van der Waals surface area contributed by atoms with Gasteiger partial charge in [-0.2, -0.15) is 5.10 Å². The maximum Gasteiger partial charge on any atom is 0.0831 e. The van der Waals surface area contributed by atoms with Crippen LogP contribution in [0.4, 0.5) is 0 Å². The van der Waals surface area contributed by atoms with Gasteiger partial charge < -0.3 is 5.32 Å². The van der Waals surface area contributed by atoms with E-state index < -0.39 is 0 Å². The van der Waals surface area contributed by atoms with Crippen LogP contribution >= 0.6 is 0 Å². The molecule has 0 atom stereocenters. The molecule has 1 N–H and O–H groups in total. The molecule has 0 fully saturated rings. The zero-order chi connectivity index (χ0) is 12.1. The van der Waals surface area contributed by atoms with Crippen LogP contribution in [0.5, 0.6) is 0 Å². The lowest BCUT2D eigenvalue weighted by Crippen LogP contribution is -2.14. The average molecular weight is 230 g/mol. The van der Waals surface area contributed by atoms with E-state index in [-0.39, 0.29) is 0 Å². The molecule has 0 saturated carbocycles. The van der Waals surface area contributed by atoms with Crippen LogP contribution in [-0.2, 0) is 6.54 Å². The lowest BCUT2D eigenvalue weighted by Gasteiger charge is -2.02. The van der Waals surface area contributed by atoms with Gasteiger partial charge >= 0.3 is 0 Å². The first-order valence-corrected chi connectivity index (χ1v) is 5.97. The predicted molar refractivity (Wildman–Crippen MR) is 68.1 cm³/mol. The fraction of sp³-hybridized carbons (Fsp3) is 0.385. The third kappa shape index (κ3) is 3.14. The van der Waals surface area contributed by atoms with E-state index in [1.807, 2.05) is 36.3 Å². The number of hydrogen-bond acceptors (Lipinski definition) is 3. The summed E-state index contributed by atoms with van der Waals surface area (Å²) in [6.07, 6.45) is 6.78. The summed E-state index contributed by atoms with van der Waals surface area (Å²) < 4.78 is 1.86. The summed E-state index contributed by atoms with van der Waals surface area (Å²) in [6.45, 7) is 6.03. The highest BCUT2D eigenvalue weighted by Gasteiger charge is 2.01. The van der Waals surface area contributed by atoms with E-state index in [1.165, 1.54) is 0 Å². The first-order valence-electron chi connectivity index (χ1n) is 5.97. The van der Waals surface area contributed by atoms with Gasteiger partial charge in [0.15, 0.2) is 0 Å². The number of nitrogens with one attached hydrogen (secondary N) is 1. The molecule has 0 amide bonds. The number of aryl methyl sites for hydroxylation is 1. The summed E-state index contributed by atoms with van der Waals surface area (Å²) in [4.78, 5) is 4.17. The van der Waals surface area contributed by atoms with Crippen LogP contribution in [-0.4, -0.2) is 21.3 Å². The molecule has 0 unspecified atom stereocenters. The van der Waals surface area contributed by atoms with E-state index in [1.54, 1.807) is 0 Å². The second-order valence-electron chi connectivity index (χ2n) is 4.15. The Morgan fingerprint density at radius 2 is 2.24 bits per heavy atom. The van der Waals surface area contributed by atoms with E-state index in [0.717, 1.165) is 36.5 Å². The summed E-state index contributed by atoms with van der Waals surface area (Å²) in [7, 11) is 0. The molecule has 0 saturated heterocycles. The molecule has 2 aromatic heterocycles. The van der Waals surface area contributed by atoms with Gasteiger partial charge in [-0.25, -0.2) is 4.68 Å². The van der Waals surface area contributed by atoms with Crippen molar-refractivity contribution in [3.05, 3.63) is 42.0 Å². The summed E-state index contributed by atoms with van der Waals surface area (Å²) in [6, 6.07) is 4.11. The molecular weight excluding hydrogens is 212 g/mol. The van der Waals surface area contributed by atoms with Crippen molar-refractivity contribution in [3.8, 4) is 5.69 Å². The fourth-order valence-corrected chi connectivity index (χ4v) is 1.66. The van der Waals surface area contributed by atoms with Crippen LogP contribution in [0.3, 0.4) is 0 Å². The number of pyridine rings is 1. The molecular formula is C13H18N4. The molecule has 4 heteroatoms. The Bertz CT molecular complexity index is 476. The lowest BCUT2D eigenvalue weighted by molar-refractivity contribution is 0.656. The Morgan fingerprint density at radius 1 is 1.35 bits per heavy atom. The Kier molecular flexibility index (Phi) is 3.88. The number of aromatic nitrogens is 3. The van der Waals surface area contributed by atoms with Gasteiger partial charge in [-0.05, 0) is 37.6 Å². The fourth-order valence-electron chi connectivity index (χ4n) is 1.66. The summed E-state index contributed by atoms with van der Waals surface area (Å²) in [5, 5.41) is 7.84. The molecule has 4 nitrogen and oxygen atoms in total. The van der Waals surface area contributed by atoms with Crippen molar-refractivity contribution in [1.82, 2.24) is 20.1 Å². The SMILES string of the molecule is CCCNCc1ccn(-c2cncc(C)c2)n1. The van der Waals surface area contributed by atoms with Crippen molar-refractivity contribution in [2.45, 2.75) is 26.8 Å². The Balaban J connectivity index is 2.07. The van der Waals surface area contributed by atoms with Crippen LogP contribution in [0.15, 0.2) is 30.7 Å². The molecule has 2 rings (SSSR count). The molecule has 2 heterocycles. The molecule has 0 spiro atoms. The van der Waals surface area contributed by atoms with Gasteiger partial charge in [-0.1, -0.05) is 6.92 Å². The van der Waals surface area contributed by atoms with Gasteiger partial charge in [0.2, 0.25) is 0 Å². The Hall–Kier alpha value is -1.68. The highest BCUT2D eigenvalue weighted by atomic mass is 15.3. The van der Waals surface area contributed by atoms with Crippen LogP contribution < -0.4 is 5.32 Å². The van der Waals surface area contributed by atoms with E-state index in [0.29, 0.717) is 0 Å². The van der Waals surface area contributed by atoms with Gasteiger partial charge in [-0.3, -0.25) is 4.98 Å². The van der Waals surface area contributed by atoms with Gasteiger partial charge in [0, 0.05) is 18.9 Å². The standard InChI is InChI=1S/C13H18N4/c1-3-5-14-9-12-4-6-17(16-12)13-7-11(2)8-15-10-13/h4,6-8,10,14H,3,5,9H2,1-2H3. The largest absolute Gasteiger partial charge is 0.311 e. The minimum Gasteiger partial charge on any atom is -0.311 e. The van der Waals surface area contributed by atoms with E-state index >= 15 is 0 Å². The summed E-state index contributed by atoms with van der Waals surface area (Å²) in [5.41, 5.74) is 3.20. The topological polar surface area (TPSA) is 42.7 Å². The minimum atomic E-state index is 0.820. The third-order valence-corrected chi connectivity index (χ3v) is 2.50. The first kappa shape index (κ1) is 11.8. The lowest BCUT2D eigenvalue weighted by atomic mass is 10.3. The molecule has 0 radical (unpaired) electrons. The van der Waals surface area contributed by atoms with E-state index in [4.69, 9.17) is 0 Å². The Labute approximate surface area is 102 Å². The van der Waals surface area contributed by atoms with Crippen molar-refractivity contribution < 1.29 is 0 Å². The maximum absolute atomic E-state index is 4.51. The minimum absolute atomic E-state index is 0.820. The first-order chi connectivity index (χ1) is 8.29. The third-order valence-electron chi connectivity index (χ3n) is 2.50. The van der Waals surface area contributed by atoms with Crippen LogP contribution in [0.1, 0.15) is 24.6 Å². The molecule has 0 aliphatic carbocycles. The van der Waals surface area contributed by atoms with Crippen LogP contribution in [0.2, 0.25) is 0 Å². The monoisotopic (exact) mass is 230 g/mol. The second-order valence-corrected chi connectivity index (χ2v) is 4.15. The highest BCUT2D eigenvalue weighted by Crippen LogP contribution is 2.07. The highest BCUT2D eigenvalue weighted by molar-refractivity contribution is 5.30. The molecule has 0 aliphatic heterocycles. The van der Waals surface area contributed by atoms with Crippen LogP contribution in [0.25, 0.3) is 5.69 Å². The normalized spacial score (nSPS) is 10.7. The zero-order valence-corrected chi connectivity index (χ0v) is 10.3. The van der Waals surface area contributed by atoms with Crippen molar-refractivity contribution in [3.63, 3.8) is 0 Å². The number of nitrogens with zero attached hydrogens (tertiary/aromatic N) is 3. The molecule has 0 aliphatic rings. The number of rotatable bonds is 5. The van der Waals surface area contributed by atoms with Gasteiger partial charge in [0.25, 0.3) is 0 Å². The average Bonchev–Trinajstić information content (AvgIpc) is 2.78. The van der Waals surface area contributed by atoms with Crippen molar-refractivity contribution in [2.24, 2.45) is 0 Å². The van der Waals surface area contributed by atoms with Gasteiger partial charge in [-0.15, -0.1) is 0 Å². The van der Waals surface area contributed by atoms with Gasteiger partial charge in [0.1, 0.15) is 0 Å². The van der Waals surface area contributed by atoms with Crippen molar-refractivity contribution in [2.75, 3.05) is 6.54 Å². The Morgan fingerprint density at radius 3 is 3.00 bits per heavy atom. The smallest absolute Gasteiger partial charge is 0.0831 e. The molecule has 17 heavy (non-hydrogen) atoms. The van der Waals surface area contributed by atoms with Crippen LogP contribution in [0, 0.1) is 6.92 Å². The molecule has 2 aromatic rings. The van der Waals surface area contributed by atoms with Gasteiger partial charge in [0.05, 0.1) is 17.6 Å². The molecule has 0 aromatic carbocycles. The van der Waals surface area contributed by atoms with E-state index in [2.05, 4.69) is 28.4 Å². The maximum atomic E-state index is 4.51. The van der Waals surface area contributed by atoms with Crippen molar-refractivity contribution in [1.29, 1.82) is 0 Å². The quantitative estimate of drug-likeness (QED) is 0.800. The zero-order valence-electron chi connectivity index (χ0n) is 10.3. The number of hydrogen-bond donors (Lipinski definition) is 1. The molecule has 0 bridgehead atoms. The molecule has 90 valence electrons. The predicted octanol–water partition coefficient (Wildman–Crippen LogP) is 2.08. The summed E-state index contributed by atoms with van der Waals surface area (Å²) in [5.74, 6) is 0. The van der Waals surface area contributed by atoms with Crippen molar-refractivity contribution >= 4 is 0 Å². The summed E-state index contributed by atoms with van der Waals surface area (Å²) >= 11 is 0. The van der Waals surface area contributed by atoms with E-state index in [9.17, 15) is 0 Å². The second kappa shape index (κ2) is 5.59.